The fraction of sp³-hybridized carbons (Fsp3) is 0.556. The van der Waals surface area contributed by atoms with Crippen molar-refractivity contribution in [1.29, 1.82) is 0 Å². The molecule has 0 amide bonds. The van der Waals surface area contributed by atoms with E-state index in [1.165, 1.54) is 12.8 Å². The summed E-state index contributed by atoms with van der Waals surface area (Å²) < 4.78 is 0. The Labute approximate surface area is 123 Å². The summed E-state index contributed by atoms with van der Waals surface area (Å²) >= 11 is 0. The van der Waals surface area contributed by atoms with E-state index in [-0.39, 0.29) is 12.7 Å². The first-order chi connectivity index (χ1) is 9.77. The molecule has 1 atom stereocenters. The third-order valence-electron chi connectivity index (χ3n) is 3.47. The molecule has 0 aromatic heterocycles. The van der Waals surface area contributed by atoms with Crippen LogP contribution in [0.1, 0.15) is 69.1 Å². The van der Waals surface area contributed by atoms with Gasteiger partial charge < -0.3 is 10.2 Å². The van der Waals surface area contributed by atoms with Crippen LogP contribution in [0.25, 0.3) is 6.08 Å². The smallest absolute Gasteiger partial charge is 0.0790 e. The van der Waals surface area contributed by atoms with Crippen LogP contribution in [0, 0.1) is 0 Å². The minimum Gasteiger partial charge on any atom is -0.396 e. The third kappa shape index (κ3) is 6.88. The second-order valence-electron chi connectivity index (χ2n) is 5.30. The Kier molecular flexibility index (Phi) is 9.01. The van der Waals surface area contributed by atoms with E-state index in [2.05, 4.69) is 31.2 Å². The molecule has 0 aliphatic heterocycles. The average molecular weight is 276 g/mol. The van der Waals surface area contributed by atoms with Crippen molar-refractivity contribution in [3.8, 4) is 0 Å². The molecule has 2 nitrogen and oxygen atoms in total. The van der Waals surface area contributed by atoms with Crippen LogP contribution in [0.3, 0.4) is 0 Å². The van der Waals surface area contributed by atoms with Gasteiger partial charge in [0.15, 0.2) is 0 Å². The summed E-state index contributed by atoms with van der Waals surface area (Å²) in [6.07, 6.45) is 11.1. The Morgan fingerprint density at radius 2 is 2.00 bits per heavy atom. The van der Waals surface area contributed by atoms with E-state index in [0.717, 1.165) is 43.2 Å². The van der Waals surface area contributed by atoms with E-state index in [1.54, 1.807) is 0 Å². The highest BCUT2D eigenvalue weighted by Crippen LogP contribution is 2.21. The van der Waals surface area contributed by atoms with E-state index in [0.29, 0.717) is 0 Å². The van der Waals surface area contributed by atoms with E-state index in [1.807, 2.05) is 12.1 Å². The number of allylic oxidation sites excluding steroid dienone is 1. The molecule has 2 N–H and O–H groups in total. The molecule has 0 aliphatic carbocycles. The topological polar surface area (TPSA) is 40.5 Å². The maximum atomic E-state index is 10.2. The molecule has 0 saturated heterocycles. The van der Waals surface area contributed by atoms with Crippen molar-refractivity contribution in [1.82, 2.24) is 0 Å². The molecule has 0 saturated carbocycles. The SMILES string of the molecule is CCCCCC(O)c1cccc(/C=C/CCCCO)c1. The van der Waals surface area contributed by atoms with E-state index >= 15 is 0 Å². The highest BCUT2D eigenvalue weighted by atomic mass is 16.3. The van der Waals surface area contributed by atoms with Crippen molar-refractivity contribution in [3.63, 3.8) is 0 Å². The molecule has 0 aliphatic rings. The number of hydrogen-bond donors (Lipinski definition) is 2. The molecule has 0 spiro atoms. The van der Waals surface area contributed by atoms with Crippen LogP contribution in [-0.4, -0.2) is 16.8 Å². The largest absolute Gasteiger partial charge is 0.396 e. The van der Waals surface area contributed by atoms with Gasteiger partial charge in [-0.2, -0.15) is 0 Å². The van der Waals surface area contributed by atoms with E-state index in [9.17, 15) is 5.11 Å². The zero-order valence-corrected chi connectivity index (χ0v) is 12.6. The minimum atomic E-state index is -0.343. The van der Waals surface area contributed by atoms with Gasteiger partial charge >= 0.3 is 0 Å². The number of benzene rings is 1. The van der Waals surface area contributed by atoms with Crippen molar-refractivity contribution in [2.24, 2.45) is 0 Å². The summed E-state index contributed by atoms with van der Waals surface area (Å²) in [6.45, 7) is 2.45. The van der Waals surface area contributed by atoms with Gasteiger partial charge in [-0.3, -0.25) is 0 Å². The highest BCUT2D eigenvalue weighted by molar-refractivity contribution is 5.50. The first-order valence-corrected chi connectivity index (χ1v) is 7.83. The molecule has 2 heteroatoms. The second kappa shape index (κ2) is 10.6. The number of hydrogen-bond acceptors (Lipinski definition) is 2. The standard InChI is InChI=1S/C18H28O2/c1-2-3-6-13-18(20)17-12-9-11-16(15-17)10-7-4-5-8-14-19/h7,9-12,15,18-20H,2-6,8,13-14H2,1H3/b10-7+. The second-order valence-corrected chi connectivity index (χ2v) is 5.30. The number of aliphatic hydroxyl groups is 2. The molecule has 0 heterocycles. The summed E-state index contributed by atoms with van der Waals surface area (Å²) in [5.41, 5.74) is 2.15. The number of unbranched alkanes of at least 4 members (excludes halogenated alkanes) is 4. The summed E-state index contributed by atoms with van der Waals surface area (Å²) in [4.78, 5) is 0. The molecule has 0 radical (unpaired) electrons. The first kappa shape index (κ1) is 16.9. The maximum Gasteiger partial charge on any atom is 0.0790 e. The molecular formula is C18H28O2. The first-order valence-electron chi connectivity index (χ1n) is 7.83. The average Bonchev–Trinajstić information content (AvgIpc) is 2.47. The van der Waals surface area contributed by atoms with Crippen molar-refractivity contribution in [2.45, 2.75) is 58.0 Å². The fourth-order valence-corrected chi connectivity index (χ4v) is 2.22. The van der Waals surface area contributed by atoms with Crippen molar-refractivity contribution in [2.75, 3.05) is 6.61 Å². The van der Waals surface area contributed by atoms with Gasteiger partial charge in [-0.05, 0) is 42.9 Å². The molecule has 0 bridgehead atoms. The molecular weight excluding hydrogens is 248 g/mol. The van der Waals surface area contributed by atoms with Crippen LogP contribution in [0.4, 0.5) is 0 Å². The lowest BCUT2D eigenvalue weighted by atomic mass is 10.0. The predicted molar refractivity (Wildman–Crippen MR) is 85.5 cm³/mol. The molecule has 20 heavy (non-hydrogen) atoms. The Bertz CT molecular complexity index is 385. The number of aliphatic hydroxyl groups excluding tert-OH is 2. The van der Waals surface area contributed by atoms with Crippen LogP contribution < -0.4 is 0 Å². The van der Waals surface area contributed by atoms with Crippen molar-refractivity contribution in [3.05, 3.63) is 41.5 Å². The van der Waals surface area contributed by atoms with Crippen LogP contribution in [0.5, 0.6) is 0 Å². The zero-order chi connectivity index (χ0) is 14.6. The molecule has 1 rings (SSSR count). The van der Waals surface area contributed by atoms with Gasteiger partial charge in [0.2, 0.25) is 0 Å². The molecule has 0 fully saturated rings. The third-order valence-corrected chi connectivity index (χ3v) is 3.47. The molecule has 1 aromatic carbocycles. The summed E-state index contributed by atoms with van der Waals surface area (Å²) in [5, 5.41) is 18.9. The summed E-state index contributed by atoms with van der Waals surface area (Å²) in [6, 6.07) is 8.13. The van der Waals surface area contributed by atoms with Gasteiger partial charge in [-0.15, -0.1) is 0 Å². The van der Waals surface area contributed by atoms with Crippen LogP contribution in [0.2, 0.25) is 0 Å². The summed E-state index contributed by atoms with van der Waals surface area (Å²) in [5.74, 6) is 0. The lowest BCUT2D eigenvalue weighted by Crippen LogP contribution is -1.97. The lowest BCUT2D eigenvalue weighted by molar-refractivity contribution is 0.163. The Morgan fingerprint density at radius 3 is 2.75 bits per heavy atom. The van der Waals surface area contributed by atoms with Gasteiger partial charge in [-0.1, -0.05) is 56.5 Å². The van der Waals surface area contributed by atoms with Crippen LogP contribution in [0.15, 0.2) is 30.3 Å². The van der Waals surface area contributed by atoms with Crippen LogP contribution >= 0.6 is 0 Å². The van der Waals surface area contributed by atoms with Crippen molar-refractivity contribution >= 4 is 6.08 Å². The van der Waals surface area contributed by atoms with Gasteiger partial charge in [0, 0.05) is 6.61 Å². The van der Waals surface area contributed by atoms with Gasteiger partial charge in [-0.25, -0.2) is 0 Å². The molecule has 1 aromatic rings. The Hall–Kier alpha value is -1.12. The predicted octanol–water partition coefficient (Wildman–Crippen LogP) is 4.48. The minimum absolute atomic E-state index is 0.271. The summed E-state index contributed by atoms with van der Waals surface area (Å²) in [7, 11) is 0. The number of rotatable bonds is 10. The zero-order valence-electron chi connectivity index (χ0n) is 12.6. The van der Waals surface area contributed by atoms with Gasteiger partial charge in [0.25, 0.3) is 0 Å². The van der Waals surface area contributed by atoms with Crippen molar-refractivity contribution < 1.29 is 10.2 Å². The molecule has 1 unspecified atom stereocenters. The Balaban J connectivity index is 2.47. The fourth-order valence-electron chi connectivity index (χ4n) is 2.22. The van der Waals surface area contributed by atoms with E-state index in [4.69, 9.17) is 5.11 Å². The van der Waals surface area contributed by atoms with Gasteiger partial charge in [0.1, 0.15) is 0 Å². The lowest BCUT2D eigenvalue weighted by Gasteiger charge is -2.11. The van der Waals surface area contributed by atoms with E-state index < -0.39 is 0 Å². The maximum absolute atomic E-state index is 10.2. The highest BCUT2D eigenvalue weighted by Gasteiger charge is 2.06. The quantitative estimate of drug-likeness (QED) is 0.619. The van der Waals surface area contributed by atoms with Crippen LogP contribution in [-0.2, 0) is 0 Å². The monoisotopic (exact) mass is 276 g/mol. The molecule has 112 valence electrons. The normalized spacial score (nSPS) is 12.9. The Morgan fingerprint density at radius 1 is 1.15 bits per heavy atom. The van der Waals surface area contributed by atoms with Gasteiger partial charge in [0.05, 0.1) is 6.10 Å².